The van der Waals surface area contributed by atoms with Crippen molar-refractivity contribution in [3.8, 4) is 16.9 Å². The van der Waals surface area contributed by atoms with Gasteiger partial charge in [-0.25, -0.2) is 9.67 Å². The van der Waals surface area contributed by atoms with E-state index >= 15 is 0 Å². The molecule has 0 saturated heterocycles. The molecule has 0 amide bonds. The van der Waals surface area contributed by atoms with Crippen molar-refractivity contribution in [3.63, 3.8) is 0 Å². The van der Waals surface area contributed by atoms with Gasteiger partial charge >= 0.3 is 0 Å². The predicted octanol–water partition coefficient (Wildman–Crippen LogP) is 4.09. The van der Waals surface area contributed by atoms with Crippen LogP contribution in [0.4, 0.5) is 5.82 Å². The van der Waals surface area contributed by atoms with Crippen LogP contribution in [0.25, 0.3) is 16.9 Å². The molecule has 0 spiro atoms. The Morgan fingerprint density at radius 2 is 1.69 bits per heavy atom. The summed E-state index contributed by atoms with van der Waals surface area (Å²) in [6.45, 7) is 4.25. The molecule has 29 heavy (non-hydrogen) atoms. The maximum Gasteiger partial charge on any atom is 0.174 e. The van der Waals surface area contributed by atoms with Crippen molar-refractivity contribution in [2.75, 3.05) is 11.9 Å². The SMILES string of the molecule is Cc1cc(C)n(-c2cncc(NCC(O)c3ccc(-c4ccccc4)cc3)n2)n1. The van der Waals surface area contributed by atoms with E-state index in [9.17, 15) is 5.11 Å². The van der Waals surface area contributed by atoms with Gasteiger partial charge in [-0.1, -0.05) is 54.6 Å². The molecular weight excluding hydrogens is 362 g/mol. The van der Waals surface area contributed by atoms with E-state index in [1.807, 2.05) is 62.4 Å². The summed E-state index contributed by atoms with van der Waals surface area (Å²) in [6.07, 6.45) is 2.66. The molecule has 0 radical (unpaired) electrons. The summed E-state index contributed by atoms with van der Waals surface area (Å²) < 4.78 is 1.76. The van der Waals surface area contributed by atoms with Crippen molar-refractivity contribution in [2.45, 2.75) is 20.0 Å². The Balaban J connectivity index is 1.43. The number of aliphatic hydroxyl groups excluding tert-OH is 1. The summed E-state index contributed by atoms with van der Waals surface area (Å²) in [5.41, 5.74) is 5.05. The summed E-state index contributed by atoms with van der Waals surface area (Å²) in [6, 6.07) is 20.1. The molecule has 4 aromatic rings. The number of nitrogens with zero attached hydrogens (tertiary/aromatic N) is 4. The van der Waals surface area contributed by atoms with Gasteiger partial charge in [0.2, 0.25) is 0 Å². The van der Waals surface area contributed by atoms with Crippen molar-refractivity contribution in [1.82, 2.24) is 19.7 Å². The standard InChI is InChI=1S/C23H23N5O/c1-16-12-17(2)28(27-16)23-15-24-14-22(26-23)25-13-21(29)20-10-8-19(9-11-20)18-6-4-3-5-7-18/h3-12,14-15,21,29H,13H2,1-2H3,(H,25,26). The average Bonchev–Trinajstić information content (AvgIpc) is 3.11. The summed E-state index contributed by atoms with van der Waals surface area (Å²) >= 11 is 0. The van der Waals surface area contributed by atoms with Crippen molar-refractivity contribution in [1.29, 1.82) is 0 Å². The van der Waals surface area contributed by atoms with Crippen LogP contribution in [-0.4, -0.2) is 31.4 Å². The molecule has 0 bridgehead atoms. The number of aryl methyl sites for hydroxylation is 2. The van der Waals surface area contributed by atoms with Crippen LogP contribution >= 0.6 is 0 Å². The van der Waals surface area contributed by atoms with Crippen molar-refractivity contribution in [3.05, 3.63) is 90.0 Å². The molecule has 0 aliphatic carbocycles. The zero-order chi connectivity index (χ0) is 20.2. The zero-order valence-corrected chi connectivity index (χ0v) is 16.4. The largest absolute Gasteiger partial charge is 0.387 e. The smallest absolute Gasteiger partial charge is 0.174 e. The van der Waals surface area contributed by atoms with Crippen LogP contribution in [0, 0.1) is 13.8 Å². The molecule has 2 N–H and O–H groups in total. The molecule has 6 nitrogen and oxygen atoms in total. The zero-order valence-electron chi connectivity index (χ0n) is 16.4. The molecular formula is C23H23N5O. The first-order valence-electron chi connectivity index (χ1n) is 9.53. The molecule has 1 unspecified atom stereocenters. The van der Waals surface area contributed by atoms with Gasteiger partial charge in [0, 0.05) is 12.2 Å². The van der Waals surface area contributed by atoms with Gasteiger partial charge in [-0.3, -0.25) is 4.98 Å². The second-order valence-corrected chi connectivity index (χ2v) is 6.99. The highest BCUT2D eigenvalue weighted by Gasteiger charge is 2.10. The molecule has 2 heterocycles. The Morgan fingerprint density at radius 1 is 0.966 bits per heavy atom. The second kappa shape index (κ2) is 8.24. The minimum atomic E-state index is -0.654. The van der Waals surface area contributed by atoms with Crippen LogP contribution < -0.4 is 5.32 Å². The Labute approximate surface area is 169 Å². The lowest BCUT2D eigenvalue weighted by molar-refractivity contribution is 0.191. The predicted molar refractivity (Wildman–Crippen MR) is 114 cm³/mol. The van der Waals surface area contributed by atoms with Crippen LogP contribution in [0.1, 0.15) is 23.1 Å². The number of hydrogen-bond acceptors (Lipinski definition) is 5. The number of aliphatic hydroxyl groups is 1. The molecule has 6 heteroatoms. The third-order valence-electron chi connectivity index (χ3n) is 4.73. The highest BCUT2D eigenvalue weighted by molar-refractivity contribution is 5.63. The Morgan fingerprint density at radius 3 is 2.38 bits per heavy atom. The molecule has 2 aromatic carbocycles. The van der Waals surface area contributed by atoms with Gasteiger partial charge in [-0.05, 0) is 36.6 Å². The summed E-state index contributed by atoms with van der Waals surface area (Å²) in [4.78, 5) is 8.79. The normalized spacial score (nSPS) is 12.0. The second-order valence-electron chi connectivity index (χ2n) is 6.99. The van der Waals surface area contributed by atoms with Gasteiger partial charge in [-0.15, -0.1) is 0 Å². The maximum atomic E-state index is 10.5. The van der Waals surface area contributed by atoms with Gasteiger partial charge in [-0.2, -0.15) is 5.10 Å². The minimum Gasteiger partial charge on any atom is -0.387 e. The number of rotatable bonds is 6. The van der Waals surface area contributed by atoms with Crippen LogP contribution in [0.2, 0.25) is 0 Å². The molecule has 0 aliphatic heterocycles. The number of benzene rings is 2. The Hall–Kier alpha value is -3.51. The van der Waals surface area contributed by atoms with E-state index in [4.69, 9.17) is 0 Å². The lowest BCUT2D eigenvalue weighted by atomic mass is 10.0. The highest BCUT2D eigenvalue weighted by atomic mass is 16.3. The van der Waals surface area contributed by atoms with Crippen LogP contribution in [0.15, 0.2) is 73.1 Å². The first-order chi connectivity index (χ1) is 14.1. The van der Waals surface area contributed by atoms with Crippen molar-refractivity contribution >= 4 is 5.82 Å². The van der Waals surface area contributed by atoms with Gasteiger partial charge in [0.25, 0.3) is 0 Å². The molecule has 4 rings (SSSR count). The molecule has 2 aromatic heterocycles. The molecule has 146 valence electrons. The number of anilines is 1. The van der Waals surface area contributed by atoms with E-state index in [-0.39, 0.29) is 0 Å². The summed E-state index contributed by atoms with van der Waals surface area (Å²) in [5.74, 6) is 1.23. The van der Waals surface area contributed by atoms with Gasteiger partial charge in [0.15, 0.2) is 5.82 Å². The maximum absolute atomic E-state index is 10.5. The number of nitrogens with one attached hydrogen (secondary N) is 1. The lowest BCUT2D eigenvalue weighted by Gasteiger charge is -2.14. The van der Waals surface area contributed by atoms with E-state index in [1.165, 1.54) is 0 Å². The average molecular weight is 385 g/mol. The van der Waals surface area contributed by atoms with Crippen LogP contribution in [-0.2, 0) is 0 Å². The fraction of sp³-hybridized carbons (Fsp3) is 0.174. The van der Waals surface area contributed by atoms with E-state index in [2.05, 4.69) is 32.5 Å². The Kier molecular flexibility index (Phi) is 5.35. The van der Waals surface area contributed by atoms with Crippen LogP contribution in [0.5, 0.6) is 0 Å². The van der Waals surface area contributed by atoms with Gasteiger partial charge in [0.1, 0.15) is 5.82 Å². The number of hydrogen-bond donors (Lipinski definition) is 2. The van der Waals surface area contributed by atoms with E-state index in [0.717, 1.165) is 28.1 Å². The quantitative estimate of drug-likeness (QED) is 0.523. The first kappa shape index (κ1) is 18.8. The van der Waals surface area contributed by atoms with Gasteiger partial charge < -0.3 is 10.4 Å². The topological polar surface area (TPSA) is 75.9 Å². The first-order valence-corrected chi connectivity index (χ1v) is 9.53. The monoisotopic (exact) mass is 385 g/mol. The van der Waals surface area contributed by atoms with E-state index in [0.29, 0.717) is 18.2 Å². The minimum absolute atomic E-state index is 0.333. The molecule has 0 saturated carbocycles. The fourth-order valence-electron chi connectivity index (χ4n) is 3.25. The number of aromatic nitrogens is 4. The van der Waals surface area contributed by atoms with Crippen molar-refractivity contribution < 1.29 is 5.11 Å². The van der Waals surface area contributed by atoms with Crippen molar-refractivity contribution in [2.24, 2.45) is 0 Å². The summed E-state index contributed by atoms with van der Waals surface area (Å²) in [7, 11) is 0. The van der Waals surface area contributed by atoms with E-state index < -0.39 is 6.10 Å². The van der Waals surface area contributed by atoms with E-state index in [1.54, 1.807) is 17.1 Å². The molecule has 1 atom stereocenters. The summed E-state index contributed by atoms with van der Waals surface area (Å²) in [5, 5.41) is 18.1. The molecule has 0 fully saturated rings. The highest BCUT2D eigenvalue weighted by Crippen LogP contribution is 2.22. The third kappa shape index (κ3) is 4.33. The lowest BCUT2D eigenvalue weighted by Crippen LogP contribution is -2.14. The fourth-order valence-corrected chi connectivity index (χ4v) is 3.25. The Bertz CT molecular complexity index is 1090. The van der Waals surface area contributed by atoms with Crippen LogP contribution in [0.3, 0.4) is 0 Å². The van der Waals surface area contributed by atoms with Gasteiger partial charge in [0.05, 0.1) is 24.2 Å². The molecule has 0 aliphatic rings. The third-order valence-corrected chi connectivity index (χ3v) is 4.73.